The van der Waals surface area contributed by atoms with Crippen LogP contribution in [0.3, 0.4) is 0 Å². The fourth-order valence-electron chi connectivity index (χ4n) is 2.08. The summed E-state index contributed by atoms with van der Waals surface area (Å²) in [7, 11) is 0. The van der Waals surface area contributed by atoms with E-state index in [0.717, 1.165) is 10.7 Å². The summed E-state index contributed by atoms with van der Waals surface area (Å²) in [6, 6.07) is 5.74. The number of non-ortho nitro benzene ring substituents is 1. The summed E-state index contributed by atoms with van der Waals surface area (Å²) in [5.41, 5.74) is 0.267. The van der Waals surface area contributed by atoms with E-state index in [2.05, 4.69) is 10.3 Å². The fourth-order valence-corrected chi connectivity index (χ4v) is 3.07. The second-order valence-corrected chi connectivity index (χ2v) is 6.43. The molecule has 0 aliphatic carbocycles. The summed E-state index contributed by atoms with van der Waals surface area (Å²) in [5, 5.41) is 16.5. The first-order chi connectivity index (χ1) is 11.3. The molecule has 8 heteroatoms. The van der Waals surface area contributed by atoms with Crippen LogP contribution in [0.15, 0.2) is 29.6 Å². The number of hydrogen-bond donors (Lipinski definition) is 1. The van der Waals surface area contributed by atoms with E-state index in [-0.39, 0.29) is 24.0 Å². The van der Waals surface area contributed by atoms with Crippen LogP contribution in [0.5, 0.6) is 5.75 Å². The number of nitrogens with zero attached hydrogens (tertiary/aromatic N) is 2. The number of thiazole rings is 1. The predicted molar refractivity (Wildman–Crippen MR) is 91.2 cm³/mol. The van der Waals surface area contributed by atoms with E-state index in [4.69, 9.17) is 4.74 Å². The Hall–Kier alpha value is -2.48. The number of carbonyl (C=O) groups is 1. The maximum Gasteiger partial charge on any atom is 0.273 e. The number of nitro groups is 1. The minimum absolute atomic E-state index is 0.0791. The SMILES string of the molecule is CC[C@](C)(NC(=O)COc1cccc([N+](=O)[O-])c1)c1nc(C)cs1. The van der Waals surface area contributed by atoms with Crippen molar-refractivity contribution in [3.63, 3.8) is 0 Å². The molecule has 7 nitrogen and oxygen atoms in total. The lowest BCUT2D eigenvalue weighted by molar-refractivity contribution is -0.384. The highest BCUT2D eigenvalue weighted by molar-refractivity contribution is 7.09. The maximum absolute atomic E-state index is 12.2. The van der Waals surface area contributed by atoms with Gasteiger partial charge in [-0.25, -0.2) is 4.98 Å². The van der Waals surface area contributed by atoms with Crippen LogP contribution in [0, 0.1) is 17.0 Å². The first-order valence-corrected chi connectivity index (χ1v) is 8.33. The highest BCUT2D eigenvalue weighted by Gasteiger charge is 2.29. The summed E-state index contributed by atoms with van der Waals surface area (Å²) in [5.74, 6) is -0.0265. The quantitative estimate of drug-likeness (QED) is 0.612. The number of aromatic nitrogens is 1. The van der Waals surface area contributed by atoms with Gasteiger partial charge in [0.1, 0.15) is 10.8 Å². The number of aryl methyl sites for hydroxylation is 1. The number of rotatable bonds is 7. The van der Waals surface area contributed by atoms with Gasteiger partial charge in [-0.05, 0) is 26.3 Å². The minimum atomic E-state index is -0.567. The van der Waals surface area contributed by atoms with Gasteiger partial charge in [-0.1, -0.05) is 13.0 Å². The fraction of sp³-hybridized carbons (Fsp3) is 0.375. The van der Waals surface area contributed by atoms with Gasteiger partial charge in [0.2, 0.25) is 0 Å². The number of ether oxygens (including phenoxy) is 1. The summed E-state index contributed by atoms with van der Waals surface area (Å²) in [6.07, 6.45) is 0.683. The molecule has 2 aromatic rings. The third-order valence-corrected chi connectivity index (χ3v) is 4.84. The Morgan fingerprint density at radius 1 is 1.50 bits per heavy atom. The summed E-state index contributed by atoms with van der Waals surface area (Å²) in [4.78, 5) is 26.9. The van der Waals surface area contributed by atoms with Crippen molar-refractivity contribution < 1.29 is 14.5 Å². The highest BCUT2D eigenvalue weighted by atomic mass is 32.1. The summed E-state index contributed by atoms with van der Waals surface area (Å²) >= 11 is 1.50. The molecule has 0 aliphatic heterocycles. The lowest BCUT2D eigenvalue weighted by atomic mass is 10.00. The Morgan fingerprint density at radius 2 is 2.25 bits per heavy atom. The van der Waals surface area contributed by atoms with Crippen LogP contribution in [0.1, 0.15) is 31.0 Å². The van der Waals surface area contributed by atoms with Crippen LogP contribution in [0.2, 0.25) is 0 Å². The standard InChI is InChI=1S/C16H19N3O4S/c1-4-16(3,15-17-11(2)10-24-15)18-14(20)9-23-13-7-5-6-12(8-13)19(21)22/h5-8,10H,4,9H2,1-3H3,(H,18,20)/t16-/m0/s1. The van der Waals surface area contributed by atoms with Gasteiger partial charge in [-0.15, -0.1) is 11.3 Å². The van der Waals surface area contributed by atoms with E-state index < -0.39 is 10.5 Å². The molecule has 24 heavy (non-hydrogen) atoms. The molecule has 0 radical (unpaired) electrons. The smallest absolute Gasteiger partial charge is 0.273 e. The van der Waals surface area contributed by atoms with Crippen molar-refractivity contribution in [2.24, 2.45) is 0 Å². The Balaban J connectivity index is 1.99. The molecule has 0 unspecified atom stereocenters. The Morgan fingerprint density at radius 3 is 2.83 bits per heavy atom. The first-order valence-electron chi connectivity index (χ1n) is 7.45. The second-order valence-electron chi connectivity index (χ2n) is 5.57. The largest absolute Gasteiger partial charge is 0.484 e. The molecular formula is C16H19N3O4S. The molecule has 128 valence electrons. The summed E-state index contributed by atoms with van der Waals surface area (Å²) < 4.78 is 5.36. The maximum atomic E-state index is 12.2. The first kappa shape index (κ1) is 17.9. The third kappa shape index (κ3) is 4.29. The van der Waals surface area contributed by atoms with Crippen molar-refractivity contribution in [1.82, 2.24) is 10.3 Å². The molecular weight excluding hydrogens is 330 g/mol. The molecule has 2 rings (SSSR count). The molecule has 0 saturated heterocycles. The van der Waals surface area contributed by atoms with Crippen LogP contribution in [-0.2, 0) is 10.3 Å². The molecule has 0 aliphatic rings. The Bertz CT molecular complexity index is 746. The molecule has 0 spiro atoms. The number of carbonyl (C=O) groups excluding carboxylic acids is 1. The van der Waals surface area contributed by atoms with Gasteiger partial charge in [-0.2, -0.15) is 0 Å². The Kier molecular flexibility index (Phi) is 5.50. The minimum Gasteiger partial charge on any atom is -0.484 e. The third-order valence-electron chi connectivity index (χ3n) is 3.61. The molecule has 0 fully saturated rings. The van der Waals surface area contributed by atoms with Crippen LogP contribution in [0.25, 0.3) is 0 Å². The normalized spacial score (nSPS) is 13.1. The average molecular weight is 349 g/mol. The monoisotopic (exact) mass is 349 g/mol. The van der Waals surface area contributed by atoms with Crippen molar-refractivity contribution in [3.05, 3.63) is 50.5 Å². The second kappa shape index (κ2) is 7.39. The van der Waals surface area contributed by atoms with Crippen molar-refractivity contribution >= 4 is 22.9 Å². The topological polar surface area (TPSA) is 94.4 Å². The zero-order valence-corrected chi connectivity index (χ0v) is 14.6. The van der Waals surface area contributed by atoms with E-state index in [1.807, 2.05) is 26.2 Å². The van der Waals surface area contributed by atoms with Crippen molar-refractivity contribution in [2.45, 2.75) is 32.7 Å². The van der Waals surface area contributed by atoms with Crippen molar-refractivity contribution in [1.29, 1.82) is 0 Å². The number of hydrogen-bond acceptors (Lipinski definition) is 6. The summed E-state index contributed by atoms with van der Waals surface area (Å²) in [6.45, 7) is 5.57. The van der Waals surface area contributed by atoms with Crippen molar-refractivity contribution in [2.75, 3.05) is 6.61 Å². The van der Waals surface area contributed by atoms with Gasteiger partial charge in [0.25, 0.3) is 11.6 Å². The van der Waals surface area contributed by atoms with Gasteiger partial charge in [0.15, 0.2) is 6.61 Å². The number of benzene rings is 1. The van der Waals surface area contributed by atoms with Gasteiger partial charge in [0.05, 0.1) is 16.5 Å². The zero-order valence-electron chi connectivity index (χ0n) is 13.7. The molecule has 1 atom stereocenters. The van der Waals surface area contributed by atoms with E-state index >= 15 is 0 Å². The van der Waals surface area contributed by atoms with E-state index in [1.54, 1.807) is 6.07 Å². The zero-order chi connectivity index (χ0) is 17.7. The van der Waals surface area contributed by atoms with Crippen LogP contribution in [-0.4, -0.2) is 22.4 Å². The lowest BCUT2D eigenvalue weighted by Crippen LogP contribution is -2.45. The lowest BCUT2D eigenvalue weighted by Gasteiger charge is -2.27. The van der Waals surface area contributed by atoms with Gasteiger partial charge < -0.3 is 10.1 Å². The average Bonchev–Trinajstić information content (AvgIpc) is 3.00. The highest BCUT2D eigenvalue weighted by Crippen LogP contribution is 2.27. The van der Waals surface area contributed by atoms with E-state index in [0.29, 0.717) is 6.42 Å². The number of nitrogens with one attached hydrogen (secondary N) is 1. The molecule has 1 heterocycles. The molecule has 0 bridgehead atoms. The molecule has 1 aromatic carbocycles. The van der Waals surface area contributed by atoms with Crippen LogP contribution in [0.4, 0.5) is 5.69 Å². The molecule has 1 aromatic heterocycles. The van der Waals surface area contributed by atoms with Crippen LogP contribution < -0.4 is 10.1 Å². The number of amides is 1. The van der Waals surface area contributed by atoms with E-state index in [1.165, 1.54) is 29.5 Å². The van der Waals surface area contributed by atoms with Gasteiger partial charge in [-0.3, -0.25) is 14.9 Å². The molecule has 1 amide bonds. The van der Waals surface area contributed by atoms with E-state index in [9.17, 15) is 14.9 Å². The predicted octanol–water partition coefficient (Wildman–Crippen LogP) is 3.18. The Labute approximate surface area is 143 Å². The van der Waals surface area contributed by atoms with Crippen LogP contribution >= 0.6 is 11.3 Å². The van der Waals surface area contributed by atoms with Gasteiger partial charge >= 0.3 is 0 Å². The van der Waals surface area contributed by atoms with Crippen molar-refractivity contribution in [3.8, 4) is 5.75 Å². The number of nitro benzene ring substituents is 1. The molecule has 0 saturated carbocycles. The molecule has 1 N–H and O–H groups in total. The van der Waals surface area contributed by atoms with Gasteiger partial charge in [0, 0.05) is 17.1 Å².